The predicted octanol–water partition coefficient (Wildman–Crippen LogP) is 3.47. The Labute approximate surface area is 205 Å². The molecule has 182 valence electrons. The lowest BCUT2D eigenvalue weighted by Gasteiger charge is -2.21. The van der Waals surface area contributed by atoms with Crippen LogP contribution in [0.15, 0.2) is 36.7 Å². The van der Waals surface area contributed by atoms with Gasteiger partial charge in [-0.2, -0.15) is 4.37 Å². The number of nitrogens with two attached hydrogens (primary N) is 1. The van der Waals surface area contributed by atoms with E-state index in [2.05, 4.69) is 19.7 Å². The molecule has 1 aliphatic carbocycles. The van der Waals surface area contributed by atoms with E-state index < -0.39 is 28.9 Å². The smallest absolute Gasteiger partial charge is 0.273 e. The number of Topliss-reactive ketones (excluding diaryl/α,β-unsaturated/α-hetero) is 1. The maximum absolute atomic E-state index is 14.6. The zero-order chi connectivity index (χ0) is 25.3. The van der Waals surface area contributed by atoms with Gasteiger partial charge < -0.3 is 15.8 Å². The molecule has 3 N–H and O–H groups in total. The van der Waals surface area contributed by atoms with Crippen LogP contribution in [-0.2, 0) is 4.79 Å². The molecule has 9 nitrogen and oxygen atoms in total. The molecule has 0 aliphatic heterocycles. The molecule has 3 heterocycles. The molecule has 35 heavy (non-hydrogen) atoms. The van der Waals surface area contributed by atoms with Gasteiger partial charge in [-0.15, -0.1) is 0 Å². The Kier molecular flexibility index (Phi) is 6.62. The average Bonchev–Trinajstić information content (AvgIpc) is 3.54. The molecule has 2 amide bonds. The van der Waals surface area contributed by atoms with E-state index in [1.165, 1.54) is 37.8 Å². The lowest BCUT2D eigenvalue weighted by molar-refractivity contribution is -0.122. The van der Waals surface area contributed by atoms with Gasteiger partial charge in [-0.1, -0.05) is 0 Å². The zero-order valence-corrected chi connectivity index (χ0v) is 20.2. The zero-order valence-electron chi connectivity index (χ0n) is 19.4. The maximum atomic E-state index is 14.6. The minimum absolute atomic E-state index is 0.0672. The van der Waals surface area contributed by atoms with Gasteiger partial charge in [0.1, 0.15) is 23.1 Å². The first-order valence-corrected chi connectivity index (χ1v) is 11.7. The van der Waals surface area contributed by atoms with Gasteiger partial charge in [0.15, 0.2) is 17.3 Å². The molecule has 4 rings (SSSR count). The third kappa shape index (κ3) is 5.51. The molecule has 1 aliphatic rings. The number of primary amides is 1. The summed E-state index contributed by atoms with van der Waals surface area (Å²) in [5, 5.41) is 2.36. The van der Waals surface area contributed by atoms with Crippen molar-refractivity contribution in [1.82, 2.24) is 19.7 Å². The van der Waals surface area contributed by atoms with E-state index in [0.29, 0.717) is 22.7 Å². The first kappa shape index (κ1) is 24.4. The summed E-state index contributed by atoms with van der Waals surface area (Å²) < 4.78 is 24.9. The fraction of sp³-hybridized carbons (Fsp3) is 0.333. The summed E-state index contributed by atoms with van der Waals surface area (Å²) in [6.07, 6.45) is 4.33. The molecular weight excluding hydrogens is 473 g/mol. The average molecular weight is 498 g/mol. The number of rotatable bonds is 9. The van der Waals surface area contributed by atoms with Gasteiger partial charge in [-0.05, 0) is 69.4 Å². The summed E-state index contributed by atoms with van der Waals surface area (Å²) in [5.74, 6) is -1.77. The second-order valence-corrected chi connectivity index (χ2v) is 9.73. The minimum Gasteiger partial charge on any atom is -0.484 e. The van der Waals surface area contributed by atoms with Crippen LogP contribution in [0.25, 0.3) is 11.3 Å². The Hall–Kier alpha value is -3.73. The summed E-state index contributed by atoms with van der Waals surface area (Å²) in [6.45, 7) is 4.67. The van der Waals surface area contributed by atoms with E-state index in [1.54, 1.807) is 18.2 Å². The monoisotopic (exact) mass is 497 g/mol. The molecule has 0 spiro atoms. The normalized spacial score (nSPS) is 14.3. The number of hydrogen-bond acceptors (Lipinski definition) is 8. The molecule has 3 aromatic heterocycles. The number of ketones is 1. The maximum Gasteiger partial charge on any atom is 0.273 e. The van der Waals surface area contributed by atoms with E-state index in [0.717, 1.165) is 23.8 Å². The Morgan fingerprint density at radius 3 is 2.54 bits per heavy atom. The second kappa shape index (κ2) is 9.49. The van der Waals surface area contributed by atoms with Crippen molar-refractivity contribution in [3.8, 4) is 17.0 Å². The van der Waals surface area contributed by atoms with Crippen LogP contribution >= 0.6 is 11.5 Å². The van der Waals surface area contributed by atoms with E-state index in [9.17, 15) is 18.8 Å². The van der Waals surface area contributed by atoms with Crippen LogP contribution in [0.2, 0.25) is 0 Å². The molecule has 0 saturated heterocycles. The lowest BCUT2D eigenvalue weighted by Crippen LogP contribution is -2.53. The van der Waals surface area contributed by atoms with Gasteiger partial charge in [0.2, 0.25) is 5.91 Å². The Morgan fingerprint density at radius 2 is 1.94 bits per heavy atom. The number of carbonyl (C=O) groups excluding carboxylic acids is 3. The Bertz CT molecular complexity index is 1290. The quantitative estimate of drug-likeness (QED) is 0.432. The van der Waals surface area contributed by atoms with Gasteiger partial charge in [-0.3, -0.25) is 14.4 Å². The van der Waals surface area contributed by atoms with Crippen molar-refractivity contribution in [3.05, 3.63) is 58.7 Å². The molecule has 0 radical (unpaired) electrons. The van der Waals surface area contributed by atoms with Gasteiger partial charge in [0, 0.05) is 17.7 Å². The van der Waals surface area contributed by atoms with E-state index in [-0.39, 0.29) is 17.8 Å². The van der Waals surface area contributed by atoms with Crippen molar-refractivity contribution >= 4 is 29.1 Å². The summed E-state index contributed by atoms with van der Waals surface area (Å²) in [5.41, 5.74) is 4.73. The molecule has 0 bridgehead atoms. The Morgan fingerprint density at radius 1 is 1.20 bits per heavy atom. The fourth-order valence-electron chi connectivity index (χ4n) is 3.18. The second-order valence-electron chi connectivity index (χ2n) is 8.89. The number of ether oxygens (including phenoxy) is 1. The molecular formula is C24H24FN5O4S. The van der Waals surface area contributed by atoms with Crippen molar-refractivity contribution < 1.29 is 23.5 Å². The third-order valence-electron chi connectivity index (χ3n) is 5.57. The summed E-state index contributed by atoms with van der Waals surface area (Å²) in [4.78, 5) is 44.7. The highest BCUT2D eigenvalue weighted by Gasteiger charge is 2.31. The fourth-order valence-corrected chi connectivity index (χ4v) is 3.90. The number of pyridine rings is 2. The van der Waals surface area contributed by atoms with Crippen LogP contribution < -0.4 is 15.8 Å². The van der Waals surface area contributed by atoms with Crippen molar-refractivity contribution in [2.45, 2.75) is 45.3 Å². The van der Waals surface area contributed by atoms with Crippen LogP contribution in [0.5, 0.6) is 5.75 Å². The van der Waals surface area contributed by atoms with Gasteiger partial charge in [0.05, 0.1) is 16.8 Å². The lowest BCUT2D eigenvalue weighted by atomic mass is 10.0. The van der Waals surface area contributed by atoms with Gasteiger partial charge >= 0.3 is 0 Å². The summed E-state index contributed by atoms with van der Waals surface area (Å²) in [6, 6.07) is 6.28. The number of amides is 2. The van der Waals surface area contributed by atoms with Crippen molar-refractivity contribution in [1.29, 1.82) is 0 Å². The van der Waals surface area contributed by atoms with Crippen LogP contribution in [0.1, 0.15) is 65.6 Å². The molecule has 1 atom stereocenters. The summed E-state index contributed by atoms with van der Waals surface area (Å²) in [7, 11) is 0. The molecule has 11 heteroatoms. The van der Waals surface area contributed by atoms with Crippen molar-refractivity contribution in [3.63, 3.8) is 0 Å². The van der Waals surface area contributed by atoms with Gasteiger partial charge in [-0.25, -0.2) is 14.4 Å². The van der Waals surface area contributed by atoms with Crippen LogP contribution in [0.4, 0.5) is 4.39 Å². The molecule has 0 unspecified atom stereocenters. The number of nitrogens with zero attached hydrogens (tertiary/aromatic N) is 3. The van der Waals surface area contributed by atoms with E-state index in [1.807, 2.05) is 6.92 Å². The minimum atomic E-state index is -1.35. The van der Waals surface area contributed by atoms with Gasteiger partial charge in [0.25, 0.3) is 5.91 Å². The highest BCUT2D eigenvalue weighted by Crippen LogP contribution is 2.33. The molecule has 3 aromatic rings. The highest BCUT2D eigenvalue weighted by atomic mass is 32.1. The van der Waals surface area contributed by atoms with E-state index >= 15 is 0 Å². The topological polar surface area (TPSA) is 137 Å². The first-order valence-electron chi connectivity index (χ1n) is 11.0. The molecule has 1 fully saturated rings. The molecule has 0 aromatic carbocycles. The SMILES string of the molecule is C[C@@H](Oc1ccc(C(=O)C2CC2)nc1)c1cc(-c2cnc(C(=O)NC(C)(C)C(N)=O)c(F)c2)ns1. The largest absolute Gasteiger partial charge is 0.484 e. The molecule has 1 saturated carbocycles. The number of carbonyl (C=O) groups is 3. The Balaban J connectivity index is 1.43. The standard InChI is InChI=1S/C24H24FN5O4S/c1-12(34-15-6-7-17(27-11-15)21(31)13-4-5-13)19-9-18(30-35-19)14-8-16(25)20(28-10-14)22(32)29-24(2,3)23(26)33/h6-13H,4-5H2,1-3H3,(H2,26,33)(H,29,32)/t12-/m1/s1. The third-order valence-corrected chi connectivity index (χ3v) is 6.52. The first-order chi connectivity index (χ1) is 16.5. The van der Waals surface area contributed by atoms with Crippen LogP contribution in [0, 0.1) is 11.7 Å². The highest BCUT2D eigenvalue weighted by molar-refractivity contribution is 7.06. The van der Waals surface area contributed by atoms with Crippen LogP contribution in [-0.4, -0.2) is 37.5 Å². The van der Waals surface area contributed by atoms with Crippen molar-refractivity contribution in [2.75, 3.05) is 0 Å². The number of nitrogens with one attached hydrogen (secondary N) is 1. The summed E-state index contributed by atoms with van der Waals surface area (Å²) >= 11 is 1.19. The van der Waals surface area contributed by atoms with Crippen molar-refractivity contribution in [2.24, 2.45) is 11.7 Å². The predicted molar refractivity (Wildman–Crippen MR) is 126 cm³/mol. The number of hydrogen-bond donors (Lipinski definition) is 2. The van der Waals surface area contributed by atoms with E-state index in [4.69, 9.17) is 10.5 Å². The van der Waals surface area contributed by atoms with Crippen LogP contribution in [0.3, 0.4) is 0 Å². The number of aromatic nitrogens is 3. The number of halogens is 1.